The first-order valence-corrected chi connectivity index (χ1v) is 6.93. The van der Waals surface area contributed by atoms with Gasteiger partial charge >= 0.3 is 0 Å². The van der Waals surface area contributed by atoms with Crippen molar-refractivity contribution < 1.29 is 0 Å². The van der Waals surface area contributed by atoms with Crippen molar-refractivity contribution in [3.63, 3.8) is 0 Å². The monoisotopic (exact) mass is 230 g/mol. The van der Waals surface area contributed by atoms with Crippen LogP contribution in [0.2, 0.25) is 0 Å². The normalized spacial score (nSPS) is 25.3. The fraction of sp³-hybridized carbons (Fsp3) is 0.600. The van der Waals surface area contributed by atoms with Gasteiger partial charge in [0.05, 0.1) is 0 Å². The van der Waals surface area contributed by atoms with E-state index in [9.17, 15) is 0 Å². The van der Waals surface area contributed by atoms with Crippen molar-refractivity contribution in [3.05, 3.63) is 35.9 Å². The standard InChI is InChI=1S/C15H22N2/c1-2-5-13(6-3-1)12-17-10-4-7-15(17)11-16-14-8-9-14/h1-3,5-6,14-16H,4,7-12H2/t15-/m1/s1. The van der Waals surface area contributed by atoms with E-state index in [0.717, 1.165) is 18.6 Å². The molecule has 92 valence electrons. The summed E-state index contributed by atoms with van der Waals surface area (Å²) in [6.07, 6.45) is 5.52. The molecule has 2 aliphatic rings. The smallest absolute Gasteiger partial charge is 0.0237 e. The first kappa shape index (κ1) is 11.2. The molecule has 17 heavy (non-hydrogen) atoms. The number of nitrogens with one attached hydrogen (secondary N) is 1. The van der Waals surface area contributed by atoms with Gasteiger partial charge in [-0.15, -0.1) is 0 Å². The third-order valence-electron chi connectivity index (χ3n) is 3.95. The van der Waals surface area contributed by atoms with Crippen molar-refractivity contribution in [2.45, 2.75) is 44.3 Å². The zero-order chi connectivity index (χ0) is 11.5. The van der Waals surface area contributed by atoms with Crippen LogP contribution in [0, 0.1) is 0 Å². The molecule has 0 aromatic heterocycles. The second kappa shape index (κ2) is 5.19. The van der Waals surface area contributed by atoms with Crippen molar-refractivity contribution in [3.8, 4) is 0 Å². The first-order valence-electron chi connectivity index (χ1n) is 6.93. The van der Waals surface area contributed by atoms with Crippen LogP contribution in [0.1, 0.15) is 31.2 Å². The van der Waals surface area contributed by atoms with E-state index in [1.54, 1.807) is 0 Å². The largest absolute Gasteiger partial charge is 0.312 e. The van der Waals surface area contributed by atoms with E-state index < -0.39 is 0 Å². The fourth-order valence-electron chi connectivity index (χ4n) is 2.74. The van der Waals surface area contributed by atoms with Crippen LogP contribution >= 0.6 is 0 Å². The van der Waals surface area contributed by atoms with Crippen LogP contribution in [0.5, 0.6) is 0 Å². The lowest BCUT2D eigenvalue weighted by molar-refractivity contribution is 0.239. The van der Waals surface area contributed by atoms with Gasteiger partial charge in [-0.25, -0.2) is 0 Å². The molecule has 0 radical (unpaired) electrons. The minimum Gasteiger partial charge on any atom is -0.312 e. The van der Waals surface area contributed by atoms with Crippen LogP contribution in [0.25, 0.3) is 0 Å². The van der Waals surface area contributed by atoms with Gasteiger partial charge < -0.3 is 5.32 Å². The van der Waals surface area contributed by atoms with Gasteiger partial charge in [-0.1, -0.05) is 30.3 Å². The molecule has 2 fully saturated rings. The van der Waals surface area contributed by atoms with Crippen molar-refractivity contribution in [2.24, 2.45) is 0 Å². The lowest BCUT2D eigenvalue weighted by Gasteiger charge is -2.24. The Morgan fingerprint density at radius 3 is 2.71 bits per heavy atom. The highest BCUT2D eigenvalue weighted by atomic mass is 15.2. The van der Waals surface area contributed by atoms with Gasteiger partial charge in [0, 0.05) is 25.2 Å². The Balaban J connectivity index is 1.53. The molecule has 0 bridgehead atoms. The molecule has 1 aromatic rings. The second-order valence-corrected chi connectivity index (χ2v) is 5.43. The topological polar surface area (TPSA) is 15.3 Å². The van der Waals surface area contributed by atoms with Gasteiger partial charge in [-0.05, 0) is 37.8 Å². The van der Waals surface area contributed by atoms with Crippen LogP contribution < -0.4 is 5.32 Å². The molecule has 3 rings (SSSR count). The number of likely N-dealkylation sites (tertiary alicyclic amines) is 1. The highest BCUT2D eigenvalue weighted by molar-refractivity contribution is 5.14. The van der Waals surface area contributed by atoms with Crippen molar-refractivity contribution in [1.29, 1.82) is 0 Å². The van der Waals surface area contributed by atoms with Crippen LogP contribution in [0.3, 0.4) is 0 Å². The molecule has 1 saturated heterocycles. The van der Waals surface area contributed by atoms with Crippen LogP contribution in [0.15, 0.2) is 30.3 Å². The zero-order valence-corrected chi connectivity index (χ0v) is 10.4. The maximum absolute atomic E-state index is 3.67. The van der Waals surface area contributed by atoms with Crippen LogP contribution in [-0.4, -0.2) is 30.1 Å². The highest BCUT2D eigenvalue weighted by Crippen LogP contribution is 2.22. The third kappa shape index (κ3) is 3.08. The predicted octanol–water partition coefficient (Wildman–Crippen LogP) is 2.40. The molecule has 1 heterocycles. The summed E-state index contributed by atoms with van der Waals surface area (Å²) >= 11 is 0. The van der Waals surface area contributed by atoms with Gasteiger partial charge in [-0.2, -0.15) is 0 Å². The molecule has 1 aromatic carbocycles. The Hall–Kier alpha value is -0.860. The molecule has 0 unspecified atom stereocenters. The minimum absolute atomic E-state index is 0.760. The van der Waals surface area contributed by atoms with E-state index in [0.29, 0.717) is 0 Å². The van der Waals surface area contributed by atoms with Gasteiger partial charge in [0.1, 0.15) is 0 Å². The van der Waals surface area contributed by atoms with E-state index in [2.05, 4.69) is 40.5 Å². The van der Waals surface area contributed by atoms with Gasteiger partial charge in [-0.3, -0.25) is 4.90 Å². The first-order chi connectivity index (χ1) is 8.42. The molecular weight excluding hydrogens is 208 g/mol. The summed E-state index contributed by atoms with van der Waals surface area (Å²) < 4.78 is 0. The predicted molar refractivity (Wildman–Crippen MR) is 70.9 cm³/mol. The summed E-state index contributed by atoms with van der Waals surface area (Å²) in [5, 5.41) is 3.67. The molecule has 1 aliphatic carbocycles. The number of hydrogen-bond acceptors (Lipinski definition) is 2. The number of nitrogens with zero attached hydrogens (tertiary/aromatic N) is 1. The molecule has 0 amide bonds. The lowest BCUT2D eigenvalue weighted by atomic mass is 10.2. The summed E-state index contributed by atoms with van der Waals surface area (Å²) in [4.78, 5) is 2.64. The molecule has 2 heteroatoms. The molecule has 1 N–H and O–H groups in total. The summed E-state index contributed by atoms with van der Waals surface area (Å²) in [6.45, 7) is 3.58. The molecule has 1 aliphatic heterocycles. The van der Waals surface area contributed by atoms with Gasteiger partial charge in [0.2, 0.25) is 0 Å². The Bertz CT molecular complexity index is 345. The maximum atomic E-state index is 3.67. The number of hydrogen-bond donors (Lipinski definition) is 1. The molecule has 0 spiro atoms. The molecular formula is C15H22N2. The maximum Gasteiger partial charge on any atom is 0.0237 e. The van der Waals surface area contributed by atoms with E-state index >= 15 is 0 Å². The Morgan fingerprint density at radius 2 is 1.94 bits per heavy atom. The Morgan fingerprint density at radius 1 is 1.12 bits per heavy atom. The molecule has 1 atom stereocenters. The van der Waals surface area contributed by atoms with E-state index in [1.165, 1.54) is 44.3 Å². The quantitative estimate of drug-likeness (QED) is 0.835. The third-order valence-corrected chi connectivity index (χ3v) is 3.95. The van der Waals surface area contributed by atoms with Crippen LogP contribution in [-0.2, 0) is 6.54 Å². The lowest BCUT2D eigenvalue weighted by Crippen LogP contribution is -2.38. The second-order valence-electron chi connectivity index (χ2n) is 5.43. The average molecular weight is 230 g/mol. The van der Waals surface area contributed by atoms with E-state index in [1.807, 2.05) is 0 Å². The molecule has 2 nitrogen and oxygen atoms in total. The zero-order valence-electron chi connectivity index (χ0n) is 10.4. The fourth-order valence-corrected chi connectivity index (χ4v) is 2.74. The summed E-state index contributed by atoms with van der Waals surface area (Å²) in [5.74, 6) is 0. The minimum atomic E-state index is 0.760. The van der Waals surface area contributed by atoms with Gasteiger partial charge in [0.25, 0.3) is 0 Å². The highest BCUT2D eigenvalue weighted by Gasteiger charge is 2.27. The van der Waals surface area contributed by atoms with E-state index in [4.69, 9.17) is 0 Å². The van der Waals surface area contributed by atoms with Crippen LogP contribution in [0.4, 0.5) is 0 Å². The molecule has 1 saturated carbocycles. The summed E-state index contributed by atoms with van der Waals surface area (Å²) in [5.41, 5.74) is 1.45. The Labute approximate surface area is 104 Å². The number of rotatable bonds is 5. The average Bonchev–Trinajstić information content (AvgIpc) is 3.09. The Kier molecular flexibility index (Phi) is 3.44. The van der Waals surface area contributed by atoms with Crippen molar-refractivity contribution in [2.75, 3.05) is 13.1 Å². The van der Waals surface area contributed by atoms with Crippen molar-refractivity contribution >= 4 is 0 Å². The van der Waals surface area contributed by atoms with Gasteiger partial charge in [0.15, 0.2) is 0 Å². The SMILES string of the molecule is c1ccc(CN2CCC[C@@H]2CNC2CC2)cc1. The summed E-state index contributed by atoms with van der Waals surface area (Å²) in [7, 11) is 0. The summed E-state index contributed by atoms with van der Waals surface area (Å²) in [6, 6.07) is 12.5. The van der Waals surface area contributed by atoms with Crippen molar-refractivity contribution in [1.82, 2.24) is 10.2 Å². The number of benzene rings is 1. The van der Waals surface area contributed by atoms with E-state index in [-0.39, 0.29) is 0 Å².